The Hall–Kier alpha value is -2.44. The van der Waals surface area contributed by atoms with E-state index in [1.165, 1.54) is 12.3 Å². The fourth-order valence-corrected chi connectivity index (χ4v) is 3.27. The maximum Gasteiger partial charge on any atom is 0.139 e. The Morgan fingerprint density at radius 1 is 1.07 bits per heavy atom. The van der Waals surface area contributed by atoms with Gasteiger partial charge in [0, 0.05) is 31.6 Å². The molecule has 142 valence electrons. The number of rotatable bonds is 7. The molecular formula is C21H23FN2O3. The highest BCUT2D eigenvalue weighted by Gasteiger charge is 2.13. The molecule has 0 unspecified atom stereocenters. The molecule has 1 fully saturated rings. The predicted octanol–water partition coefficient (Wildman–Crippen LogP) is 3.96. The van der Waals surface area contributed by atoms with Crippen LogP contribution in [0.25, 0.3) is 16.9 Å². The lowest BCUT2D eigenvalue weighted by molar-refractivity contribution is 0.0139. The number of nitrogens with zero attached hydrogens (tertiary/aromatic N) is 2. The molecular weight excluding hydrogens is 347 g/mol. The third-order valence-electron chi connectivity index (χ3n) is 4.81. The van der Waals surface area contributed by atoms with E-state index in [0.717, 1.165) is 49.7 Å². The molecule has 0 N–H and O–H groups in total. The average Bonchev–Trinajstić information content (AvgIpc) is 3.12. The third-order valence-corrected chi connectivity index (χ3v) is 4.81. The summed E-state index contributed by atoms with van der Waals surface area (Å²) in [6.07, 6.45) is 5.34. The number of ether oxygens (including phenoxy) is 3. The van der Waals surface area contributed by atoms with Crippen molar-refractivity contribution >= 4 is 5.65 Å². The molecule has 4 rings (SSSR count). The topological polar surface area (TPSA) is 45.0 Å². The van der Waals surface area contributed by atoms with Crippen LogP contribution in [0.3, 0.4) is 0 Å². The van der Waals surface area contributed by atoms with Crippen LogP contribution in [0.1, 0.15) is 12.8 Å². The van der Waals surface area contributed by atoms with Crippen LogP contribution in [0, 0.1) is 11.7 Å². The van der Waals surface area contributed by atoms with Crippen LogP contribution >= 0.6 is 0 Å². The molecule has 6 heteroatoms. The Labute approximate surface area is 157 Å². The van der Waals surface area contributed by atoms with Crippen LogP contribution in [0.15, 0.2) is 48.8 Å². The SMILES string of the molecule is Fc1ccc2ncc(-c3ccc(OCCOCC4CCOCC4)cc3)n2c1. The molecule has 0 radical (unpaired) electrons. The maximum atomic E-state index is 13.5. The molecule has 0 spiro atoms. The van der Waals surface area contributed by atoms with Crippen molar-refractivity contribution < 1.29 is 18.6 Å². The monoisotopic (exact) mass is 370 g/mol. The van der Waals surface area contributed by atoms with Gasteiger partial charge in [-0.05, 0) is 55.2 Å². The Bertz CT molecular complexity index is 873. The van der Waals surface area contributed by atoms with E-state index < -0.39 is 0 Å². The predicted molar refractivity (Wildman–Crippen MR) is 100 cm³/mol. The van der Waals surface area contributed by atoms with Gasteiger partial charge in [0.25, 0.3) is 0 Å². The van der Waals surface area contributed by atoms with Crippen LogP contribution < -0.4 is 4.74 Å². The largest absolute Gasteiger partial charge is 0.491 e. The van der Waals surface area contributed by atoms with E-state index >= 15 is 0 Å². The fourth-order valence-electron chi connectivity index (χ4n) is 3.27. The van der Waals surface area contributed by atoms with E-state index in [1.807, 2.05) is 24.3 Å². The first-order valence-corrected chi connectivity index (χ1v) is 9.31. The molecule has 0 aliphatic carbocycles. The number of hydrogen-bond acceptors (Lipinski definition) is 4. The summed E-state index contributed by atoms with van der Waals surface area (Å²) in [5.74, 6) is 1.10. The van der Waals surface area contributed by atoms with Crippen molar-refractivity contribution in [1.29, 1.82) is 0 Å². The summed E-state index contributed by atoms with van der Waals surface area (Å²) in [5, 5.41) is 0. The van der Waals surface area contributed by atoms with Gasteiger partial charge < -0.3 is 14.2 Å². The van der Waals surface area contributed by atoms with Gasteiger partial charge in [-0.2, -0.15) is 0 Å². The van der Waals surface area contributed by atoms with E-state index in [-0.39, 0.29) is 5.82 Å². The Morgan fingerprint density at radius 3 is 2.70 bits per heavy atom. The molecule has 1 aliphatic heterocycles. The Balaban J connectivity index is 1.29. The minimum absolute atomic E-state index is 0.289. The smallest absolute Gasteiger partial charge is 0.139 e. The molecule has 3 heterocycles. The van der Waals surface area contributed by atoms with Gasteiger partial charge in [0.15, 0.2) is 0 Å². The molecule has 0 amide bonds. The van der Waals surface area contributed by atoms with E-state index in [1.54, 1.807) is 16.7 Å². The van der Waals surface area contributed by atoms with Gasteiger partial charge in [0.2, 0.25) is 0 Å². The highest BCUT2D eigenvalue weighted by molar-refractivity contribution is 5.64. The highest BCUT2D eigenvalue weighted by Crippen LogP contribution is 2.24. The second-order valence-corrected chi connectivity index (χ2v) is 6.72. The second kappa shape index (κ2) is 8.50. The number of aromatic nitrogens is 2. The lowest BCUT2D eigenvalue weighted by Gasteiger charge is -2.21. The Morgan fingerprint density at radius 2 is 1.89 bits per heavy atom. The van der Waals surface area contributed by atoms with Crippen LogP contribution in [0.5, 0.6) is 5.75 Å². The van der Waals surface area contributed by atoms with Gasteiger partial charge >= 0.3 is 0 Å². The van der Waals surface area contributed by atoms with Gasteiger partial charge in [0.05, 0.1) is 18.5 Å². The van der Waals surface area contributed by atoms with Gasteiger partial charge in [-0.1, -0.05) is 0 Å². The van der Waals surface area contributed by atoms with Crippen LogP contribution in [0.4, 0.5) is 4.39 Å². The summed E-state index contributed by atoms with van der Waals surface area (Å²) >= 11 is 0. The highest BCUT2D eigenvalue weighted by atomic mass is 19.1. The van der Waals surface area contributed by atoms with Crippen molar-refractivity contribution in [2.75, 3.05) is 33.0 Å². The van der Waals surface area contributed by atoms with Crippen molar-refractivity contribution in [3.05, 3.63) is 54.6 Å². The molecule has 0 atom stereocenters. The molecule has 1 aliphatic rings. The molecule has 0 bridgehead atoms. The second-order valence-electron chi connectivity index (χ2n) is 6.72. The number of fused-ring (bicyclic) bond motifs is 1. The summed E-state index contributed by atoms with van der Waals surface area (Å²) in [6.45, 7) is 3.55. The van der Waals surface area contributed by atoms with Gasteiger partial charge in [0.1, 0.15) is 23.8 Å². The number of benzene rings is 1. The van der Waals surface area contributed by atoms with Crippen molar-refractivity contribution in [1.82, 2.24) is 9.38 Å². The summed E-state index contributed by atoms with van der Waals surface area (Å²) in [7, 11) is 0. The fraction of sp³-hybridized carbons (Fsp3) is 0.381. The lowest BCUT2D eigenvalue weighted by atomic mass is 10.0. The molecule has 27 heavy (non-hydrogen) atoms. The minimum Gasteiger partial charge on any atom is -0.491 e. The van der Waals surface area contributed by atoms with Crippen LogP contribution in [0.2, 0.25) is 0 Å². The summed E-state index contributed by atoms with van der Waals surface area (Å²) < 4.78 is 32.1. The summed E-state index contributed by atoms with van der Waals surface area (Å²) in [5.41, 5.74) is 2.51. The quantitative estimate of drug-likeness (QED) is 0.591. The van der Waals surface area contributed by atoms with Gasteiger partial charge in [-0.15, -0.1) is 0 Å². The van der Waals surface area contributed by atoms with Gasteiger partial charge in [-0.3, -0.25) is 4.40 Å². The lowest BCUT2D eigenvalue weighted by Crippen LogP contribution is -2.21. The van der Waals surface area contributed by atoms with E-state index in [0.29, 0.717) is 24.8 Å². The first-order chi connectivity index (χ1) is 13.3. The average molecular weight is 370 g/mol. The summed E-state index contributed by atoms with van der Waals surface area (Å²) in [4.78, 5) is 4.31. The van der Waals surface area contributed by atoms with Crippen molar-refractivity contribution in [3.63, 3.8) is 0 Å². The van der Waals surface area contributed by atoms with Crippen molar-refractivity contribution in [2.45, 2.75) is 12.8 Å². The summed E-state index contributed by atoms with van der Waals surface area (Å²) in [6, 6.07) is 10.8. The zero-order valence-corrected chi connectivity index (χ0v) is 15.1. The minimum atomic E-state index is -0.289. The molecule has 1 aromatic carbocycles. The number of imidazole rings is 1. The molecule has 5 nitrogen and oxygen atoms in total. The number of hydrogen-bond donors (Lipinski definition) is 0. The van der Waals surface area contributed by atoms with E-state index in [9.17, 15) is 4.39 Å². The standard InChI is InChI=1S/C21H23FN2O3/c22-18-3-6-21-23-13-20(24(21)14-18)17-1-4-19(5-2-17)27-12-11-26-15-16-7-9-25-10-8-16/h1-6,13-14,16H,7-12,15H2. The first kappa shape index (κ1) is 17.9. The zero-order chi connectivity index (χ0) is 18.5. The molecule has 3 aromatic rings. The third kappa shape index (κ3) is 4.46. The van der Waals surface area contributed by atoms with E-state index in [2.05, 4.69) is 4.98 Å². The van der Waals surface area contributed by atoms with Crippen molar-refractivity contribution in [2.24, 2.45) is 5.92 Å². The van der Waals surface area contributed by atoms with Gasteiger partial charge in [-0.25, -0.2) is 9.37 Å². The zero-order valence-electron chi connectivity index (χ0n) is 15.1. The van der Waals surface area contributed by atoms with Crippen molar-refractivity contribution in [3.8, 4) is 17.0 Å². The first-order valence-electron chi connectivity index (χ1n) is 9.31. The normalized spacial score (nSPS) is 15.3. The van der Waals surface area contributed by atoms with Crippen LogP contribution in [-0.2, 0) is 9.47 Å². The number of pyridine rings is 1. The Kier molecular flexibility index (Phi) is 5.65. The maximum absolute atomic E-state index is 13.5. The molecule has 2 aromatic heterocycles. The van der Waals surface area contributed by atoms with Crippen LogP contribution in [-0.4, -0.2) is 42.4 Å². The number of halogens is 1. The van der Waals surface area contributed by atoms with E-state index in [4.69, 9.17) is 14.2 Å². The molecule has 0 saturated carbocycles. The molecule has 1 saturated heterocycles.